The lowest BCUT2D eigenvalue weighted by atomic mass is 10.2. The van der Waals surface area contributed by atoms with Crippen LogP contribution in [0.1, 0.15) is 11.4 Å². The van der Waals surface area contributed by atoms with Crippen molar-refractivity contribution in [3.8, 4) is 11.4 Å². The highest BCUT2D eigenvalue weighted by Crippen LogP contribution is 2.15. The molecule has 0 saturated heterocycles. The van der Waals surface area contributed by atoms with Gasteiger partial charge in [-0.1, -0.05) is 17.3 Å². The fourth-order valence-electron chi connectivity index (χ4n) is 3.12. The standard InChI is InChI=1S/C19H18N6O2/c1-12-9-13(2)25(19(27)20-12)8-7-24-11-17(22-23-24)16-10-18(26)14-5-3-4-6-15(14)21-16/h3-6,9-11H,7-8H2,1-2H3,(H,21,26). The van der Waals surface area contributed by atoms with Crippen molar-refractivity contribution in [2.24, 2.45) is 0 Å². The van der Waals surface area contributed by atoms with Gasteiger partial charge >= 0.3 is 5.69 Å². The summed E-state index contributed by atoms with van der Waals surface area (Å²) in [6.45, 7) is 4.58. The van der Waals surface area contributed by atoms with Crippen LogP contribution in [0.5, 0.6) is 0 Å². The van der Waals surface area contributed by atoms with Gasteiger partial charge in [0.25, 0.3) is 0 Å². The Morgan fingerprint density at radius 2 is 1.89 bits per heavy atom. The zero-order chi connectivity index (χ0) is 19.0. The van der Waals surface area contributed by atoms with Crippen LogP contribution >= 0.6 is 0 Å². The van der Waals surface area contributed by atoms with Crippen LogP contribution in [0.4, 0.5) is 0 Å². The molecule has 0 saturated carbocycles. The molecule has 0 amide bonds. The third-order valence-corrected chi connectivity index (χ3v) is 4.45. The van der Waals surface area contributed by atoms with Gasteiger partial charge < -0.3 is 4.98 Å². The Labute approximate surface area is 154 Å². The highest BCUT2D eigenvalue weighted by atomic mass is 16.1. The molecule has 1 aromatic carbocycles. The molecule has 4 aromatic rings. The molecule has 4 rings (SSSR count). The summed E-state index contributed by atoms with van der Waals surface area (Å²) in [5, 5.41) is 8.88. The fraction of sp³-hybridized carbons (Fsp3) is 0.211. The minimum Gasteiger partial charge on any atom is -0.353 e. The van der Waals surface area contributed by atoms with Crippen LogP contribution in [0, 0.1) is 13.8 Å². The molecule has 3 heterocycles. The summed E-state index contributed by atoms with van der Waals surface area (Å²) < 4.78 is 3.25. The highest BCUT2D eigenvalue weighted by molar-refractivity contribution is 5.80. The molecule has 0 aliphatic heterocycles. The lowest BCUT2D eigenvalue weighted by Gasteiger charge is -2.09. The van der Waals surface area contributed by atoms with Crippen molar-refractivity contribution in [3.05, 3.63) is 74.7 Å². The van der Waals surface area contributed by atoms with E-state index in [2.05, 4.69) is 20.3 Å². The molecule has 0 fully saturated rings. The monoisotopic (exact) mass is 362 g/mol. The second kappa shape index (κ2) is 6.64. The van der Waals surface area contributed by atoms with E-state index < -0.39 is 0 Å². The lowest BCUT2D eigenvalue weighted by molar-refractivity contribution is 0.497. The first-order valence-electron chi connectivity index (χ1n) is 8.59. The zero-order valence-corrected chi connectivity index (χ0v) is 15.0. The van der Waals surface area contributed by atoms with E-state index in [0.29, 0.717) is 35.6 Å². The molecular formula is C19H18N6O2. The van der Waals surface area contributed by atoms with E-state index in [9.17, 15) is 9.59 Å². The number of hydrogen-bond acceptors (Lipinski definition) is 5. The van der Waals surface area contributed by atoms with Gasteiger partial charge in [0.05, 0.1) is 18.4 Å². The summed E-state index contributed by atoms with van der Waals surface area (Å²) in [6, 6.07) is 10.7. The quantitative estimate of drug-likeness (QED) is 0.595. The second-order valence-corrected chi connectivity index (χ2v) is 6.43. The minimum atomic E-state index is -0.272. The molecular weight excluding hydrogens is 344 g/mol. The van der Waals surface area contributed by atoms with Gasteiger partial charge in [-0.05, 0) is 32.0 Å². The maximum atomic E-state index is 12.3. The van der Waals surface area contributed by atoms with E-state index in [4.69, 9.17) is 0 Å². The Kier molecular flexibility index (Phi) is 4.15. The molecule has 1 N–H and O–H groups in total. The van der Waals surface area contributed by atoms with Crippen LogP contribution in [0.3, 0.4) is 0 Å². The zero-order valence-electron chi connectivity index (χ0n) is 15.0. The molecule has 0 radical (unpaired) electrons. The van der Waals surface area contributed by atoms with Crippen LogP contribution < -0.4 is 11.1 Å². The van der Waals surface area contributed by atoms with Gasteiger partial charge in [-0.2, -0.15) is 4.98 Å². The van der Waals surface area contributed by atoms with Crippen molar-refractivity contribution in [3.63, 3.8) is 0 Å². The SMILES string of the molecule is Cc1cc(C)n(CCn2cc(-c3cc(=O)c4ccccc4[nH]3)nn2)c(=O)n1. The largest absolute Gasteiger partial charge is 0.353 e. The Morgan fingerprint density at radius 1 is 1.07 bits per heavy atom. The predicted octanol–water partition coefficient (Wildman–Crippen LogP) is 1.66. The number of rotatable bonds is 4. The van der Waals surface area contributed by atoms with E-state index in [1.807, 2.05) is 31.2 Å². The van der Waals surface area contributed by atoms with Gasteiger partial charge in [0.1, 0.15) is 5.69 Å². The lowest BCUT2D eigenvalue weighted by Crippen LogP contribution is -2.27. The minimum absolute atomic E-state index is 0.0678. The highest BCUT2D eigenvalue weighted by Gasteiger charge is 2.09. The number of nitrogens with zero attached hydrogens (tertiary/aromatic N) is 5. The van der Waals surface area contributed by atoms with E-state index in [1.165, 1.54) is 6.07 Å². The van der Waals surface area contributed by atoms with Crippen molar-refractivity contribution in [1.82, 2.24) is 29.5 Å². The maximum absolute atomic E-state index is 12.3. The summed E-state index contributed by atoms with van der Waals surface area (Å²) in [6.07, 6.45) is 1.75. The summed E-state index contributed by atoms with van der Waals surface area (Å²) in [4.78, 5) is 31.5. The number of fused-ring (bicyclic) bond motifs is 1. The predicted molar refractivity (Wildman–Crippen MR) is 102 cm³/mol. The number of nitrogens with one attached hydrogen (secondary N) is 1. The second-order valence-electron chi connectivity index (χ2n) is 6.43. The van der Waals surface area contributed by atoms with Crippen LogP contribution in [-0.4, -0.2) is 29.5 Å². The number of para-hydroxylation sites is 1. The van der Waals surface area contributed by atoms with Crippen molar-refractivity contribution in [2.75, 3.05) is 0 Å². The molecule has 0 aliphatic carbocycles. The fourth-order valence-corrected chi connectivity index (χ4v) is 3.12. The first-order valence-corrected chi connectivity index (χ1v) is 8.59. The molecule has 8 heteroatoms. The van der Waals surface area contributed by atoms with Crippen molar-refractivity contribution in [1.29, 1.82) is 0 Å². The molecule has 8 nitrogen and oxygen atoms in total. The average Bonchev–Trinajstić information content (AvgIpc) is 3.10. The molecule has 27 heavy (non-hydrogen) atoms. The molecule has 0 unspecified atom stereocenters. The normalized spacial score (nSPS) is 11.2. The van der Waals surface area contributed by atoms with E-state index in [1.54, 1.807) is 28.4 Å². The van der Waals surface area contributed by atoms with Crippen LogP contribution in [0.15, 0.2) is 52.2 Å². The topological polar surface area (TPSA) is 98.5 Å². The Hall–Kier alpha value is -3.55. The summed E-state index contributed by atoms with van der Waals surface area (Å²) in [5.74, 6) is 0. The number of pyridine rings is 1. The van der Waals surface area contributed by atoms with Crippen molar-refractivity contribution < 1.29 is 0 Å². The first-order chi connectivity index (χ1) is 13.0. The third-order valence-electron chi connectivity index (χ3n) is 4.45. The molecule has 3 aromatic heterocycles. The van der Waals surface area contributed by atoms with Gasteiger partial charge in [0, 0.05) is 34.9 Å². The Morgan fingerprint density at radius 3 is 2.70 bits per heavy atom. The van der Waals surface area contributed by atoms with E-state index in [-0.39, 0.29) is 11.1 Å². The smallest absolute Gasteiger partial charge is 0.348 e. The summed E-state index contributed by atoms with van der Waals surface area (Å²) in [7, 11) is 0. The number of benzene rings is 1. The van der Waals surface area contributed by atoms with Gasteiger partial charge in [0.2, 0.25) is 0 Å². The van der Waals surface area contributed by atoms with Crippen LogP contribution in [0.25, 0.3) is 22.3 Å². The van der Waals surface area contributed by atoms with E-state index in [0.717, 1.165) is 11.2 Å². The third kappa shape index (κ3) is 3.29. The van der Waals surface area contributed by atoms with Crippen molar-refractivity contribution >= 4 is 10.9 Å². The summed E-state index contributed by atoms with van der Waals surface area (Å²) in [5.41, 5.74) is 3.15. The van der Waals surface area contributed by atoms with Gasteiger partial charge in [-0.25, -0.2) is 4.79 Å². The van der Waals surface area contributed by atoms with Gasteiger partial charge in [0.15, 0.2) is 5.43 Å². The van der Waals surface area contributed by atoms with Crippen LogP contribution in [0.2, 0.25) is 0 Å². The Balaban J connectivity index is 1.59. The molecule has 0 atom stereocenters. The first kappa shape index (κ1) is 16.9. The Bertz CT molecular complexity index is 1250. The number of aromatic nitrogens is 6. The number of aromatic amines is 1. The van der Waals surface area contributed by atoms with Crippen molar-refractivity contribution in [2.45, 2.75) is 26.9 Å². The maximum Gasteiger partial charge on any atom is 0.348 e. The number of hydrogen-bond donors (Lipinski definition) is 1. The average molecular weight is 362 g/mol. The van der Waals surface area contributed by atoms with Gasteiger partial charge in [-0.3, -0.25) is 14.0 Å². The number of aryl methyl sites for hydroxylation is 3. The van der Waals surface area contributed by atoms with Gasteiger partial charge in [-0.15, -0.1) is 5.10 Å². The van der Waals surface area contributed by atoms with E-state index >= 15 is 0 Å². The summed E-state index contributed by atoms with van der Waals surface area (Å²) >= 11 is 0. The number of H-pyrrole nitrogens is 1. The van der Waals surface area contributed by atoms with Crippen LogP contribution in [-0.2, 0) is 13.1 Å². The molecule has 0 aliphatic rings. The molecule has 136 valence electrons. The molecule has 0 spiro atoms. The molecule has 0 bridgehead atoms.